The minimum Gasteiger partial charge on any atom is -0.305 e. The first-order valence-electron chi connectivity index (χ1n) is 8.64. The average Bonchev–Trinajstić information content (AvgIpc) is 2.69. The van der Waals surface area contributed by atoms with Gasteiger partial charge in [0.2, 0.25) is 10.0 Å². The number of carbonyl (C=O) groups excluding carboxylic acids is 2. The minimum atomic E-state index is -3.77. The van der Waals surface area contributed by atoms with Crippen LogP contribution in [0.2, 0.25) is 0 Å². The number of benzene rings is 1. The molecule has 0 bridgehead atoms. The van der Waals surface area contributed by atoms with Gasteiger partial charge in [-0.1, -0.05) is 32.0 Å². The summed E-state index contributed by atoms with van der Waals surface area (Å²) in [6.07, 6.45) is 1.12. The van der Waals surface area contributed by atoms with Crippen molar-refractivity contribution in [3.8, 4) is 0 Å². The Bertz CT molecular complexity index is 998. The van der Waals surface area contributed by atoms with Gasteiger partial charge < -0.3 is 4.57 Å². The summed E-state index contributed by atoms with van der Waals surface area (Å²) in [6, 6.07) is 10.6. The van der Waals surface area contributed by atoms with Gasteiger partial charge in [-0.25, -0.2) is 8.42 Å². The molecule has 28 heavy (non-hydrogen) atoms. The highest BCUT2D eigenvalue weighted by Crippen LogP contribution is 2.13. The molecule has 2 aromatic rings. The Morgan fingerprint density at radius 1 is 1.00 bits per heavy atom. The number of hydrazine groups is 1. The molecule has 0 saturated heterocycles. The lowest BCUT2D eigenvalue weighted by Crippen LogP contribution is -2.44. The van der Waals surface area contributed by atoms with Crippen LogP contribution < -0.4 is 16.4 Å². The molecule has 0 unspecified atom stereocenters. The third-order valence-corrected chi connectivity index (χ3v) is 6.00. The monoisotopic (exact) mass is 406 g/mol. The number of sulfonamides is 1. The first kappa shape index (κ1) is 21.3. The molecule has 0 fully saturated rings. The number of pyridine rings is 1. The molecular weight excluding hydrogens is 384 g/mol. The molecule has 0 saturated carbocycles. The number of nitrogens with zero attached hydrogens (tertiary/aromatic N) is 2. The minimum absolute atomic E-state index is 0.0862. The summed E-state index contributed by atoms with van der Waals surface area (Å²) in [5.74, 6) is -1.19. The van der Waals surface area contributed by atoms with E-state index in [4.69, 9.17) is 0 Å². The van der Waals surface area contributed by atoms with Crippen LogP contribution in [-0.2, 0) is 21.4 Å². The Morgan fingerprint density at radius 2 is 1.64 bits per heavy atom. The highest BCUT2D eigenvalue weighted by molar-refractivity contribution is 7.89. The lowest BCUT2D eigenvalue weighted by atomic mass is 10.2. The number of aromatic nitrogens is 1. The molecule has 2 amide bonds. The van der Waals surface area contributed by atoms with Crippen LogP contribution in [0.1, 0.15) is 24.2 Å². The number of hydrogen-bond acceptors (Lipinski definition) is 5. The lowest BCUT2D eigenvalue weighted by molar-refractivity contribution is -0.122. The fraction of sp³-hybridized carbons (Fsp3) is 0.278. The van der Waals surface area contributed by atoms with Gasteiger partial charge in [-0.05, 0) is 18.2 Å². The summed E-state index contributed by atoms with van der Waals surface area (Å²) < 4.78 is 27.4. The van der Waals surface area contributed by atoms with E-state index in [2.05, 4.69) is 10.9 Å². The van der Waals surface area contributed by atoms with Crippen molar-refractivity contribution >= 4 is 21.8 Å². The summed E-state index contributed by atoms with van der Waals surface area (Å²) in [5, 5.41) is 0. The lowest BCUT2D eigenvalue weighted by Gasteiger charge is -2.19. The van der Waals surface area contributed by atoms with E-state index in [1.807, 2.05) is 0 Å². The van der Waals surface area contributed by atoms with Crippen molar-refractivity contribution in [3.63, 3.8) is 0 Å². The number of amides is 2. The SMILES string of the molecule is CCN(CC)S(=O)(=O)c1ccc(=O)n(CC(=O)NNC(=O)c2ccccc2)c1. The number of hydrogen-bond donors (Lipinski definition) is 2. The fourth-order valence-electron chi connectivity index (χ4n) is 2.48. The quantitative estimate of drug-likeness (QED) is 0.643. The molecule has 9 nitrogen and oxygen atoms in total. The zero-order valence-corrected chi connectivity index (χ0v) is 16.4. The number of rotatable bonds is 7. The molecule has 10 heteroatoms. The van der Waals surface area contributed by atoms with E-state index in [0.29, 0.717) is 5.56 Å². The molecule has 2 rings (SSSR count). The first-order valence-corrected chi connectivity index (χ1v) is 10.1. The topological polar surface area (TPSA) is 118 Å². The molecule has 0 atom stereocenters. The second kappa shape index (κ2) is 9.29. The van der Waals surface area contributed by atoms with Gasteiger partial charge in [0.25, 0.3) is 17.4 Å². The van der Waals surface area contributed by atoms with Crippen LogP contribution in [0.3, 0.4) is 0 Å². The highest BCUT2D eigenvalue weighted by Gasteiger charge is 2.22. The van der Waals surface area contributed by atoms with E-state index in [1.165, 1.54) is 10.4 Å². The van der Waals surface area contributed by atoms with Gasteiger partial charge in [0.1, 0.15) is 6.54 Å². The number of carbonyl (C=O) groups is 2. The Balaban J connectivity index is 2.10. The predicted molar refractivity (Wildman–Crippen MR) is 103 cm³/mol. The zero-order valence-electron chi connectivity index (χ0n) is 15.6. The molecule has 0 spiro atoms. The maximum absolute atomic E-state index is 12.6. The Kier molecular flexibility index (Phi) is 7.07. The third-order valence-electron chi connectivity index (χ3n) is 3.96. The standard InChI is InChI=1S/C18H22N4O5S/c1-3-22(4-2)28(26,27)15-10-11-17(24)21(12-15)13-16(23)19-20-18(25)14-8-6-5-7-9-14/h5-12H,3-4,13H2,1-2H3,(H,19,23)(H,20,25). The Labute approximate surface area is 163 Å². The van der Waals surface area contributed by atoms with E-state index in [9.17, 15) is 22.8 Å². The van der Waals surface area contributed by atoms with Crippen molar-refractivity contribution in [2.24, 2.45) is 0 Å². The molecule has 0 aliphatic rings. The first-order chi connectivity index (χ1) is 13.3. The van der Waals surface area contributed by atoms with Gasteiger partial charge in [-0.2, -0.15) is 4.31 Å². The zero-order chi connectivity index (χ0) is 20.7. The molecule has 1 heterocycles. The molecule has 1 aromatic carbocycles. The van der Waals surface area contributed by atoms with Gasteiger partial charge >= 0.3 is 0 Å². The normalized spacial score (nSPS) is 11.2. The molecule has 0 radical (unpaired) electrons. The maximum Gasteiger partial charge on any atom is 0.269 e. The van der Waals surface area contributed by atoms with E-state index in [0.717, 1.165) is 16.8 Å². The van der Waals surface area contributed by atoms with Gasteiger partial charge in [0, 0.05) is 30.9 Å². The summed E-state index contributed by atoms with van der Waals surface area (Å²) in [5.41, 5.74) is 4.26. The van der Waals surface area contributed by atoms with Gasteiger partial charge in [0.15, 0.2) is 0 Å². The molecular formula is C18H22N4O5S. The van der Waals surface area contributed by atoms with E-state index >= 15 is 0 Å². The van der Waals surface area contributed by atoms with Crippen molar-refractivity contribution in [2.45, 2.75) is 25.3 Å². The van der Waals surface area contributed by atoms with Crippen LogP contribution in [-0.4, -0.2) is 42.2 Å². The van der Waals surface area contributed by atoms with Gasteiger partial charge in [-0.15, -0.1) is 0 Å². The molecule has 150 valence electrons. The molecule has 1 aromatic heterocycles. The van der Waals surface area contributed by atoms with Crippen molar-refractivity contribution < 1.29 is 18.0 Å². The third kappa shape index (κ3) is 5.05. The van der Waals surface area contributed by atoms with Crippen LogP contribution in [0.15, 0.2) is 58.4 Å². The second-order valence-corrected chi connectivity index (χ2v) is 7.73. The van der Waals surface area contributed by atoms with Crippen LogP contribution in [0.4, 0.5) is 0 Å². The highest BCUT2D eigenvalue weighted by atomic mass is 32.2. The van der Waals surface area contributed by atoms with Crippen LogP contribution in [0.25, 0.3) is 0 Å². The summed E-state index contributed by atoms with van der Waals surface area (Å²) in [7, 11) is -3.77. The van der Waals surface area contributed by atoms with E-state index < -0.39 is 33.9 Å². The van der Waals surface area contributed by atoms with E-state index in [1.54, 1.807) is 44.2 Å². The van der Waals surface area contributed by atoms with Crippen molar-refractivity contribution in [1.29, 1.82) is 0 Å². The van der Waals surface area contributed by atoms with Crippen molar-refractivity contribution in [2.75, 3.05) is 13.1 Å². The largest absolute Gasteiger partial charge is 0.305 e. The smallest absolute Gasteiger partial charge is 0.269 e. The molecule has 0 aliphatic carbocycles. The van der Waals surface area contributed by atoms with Crippen LogP contribution in [0, 0.1) is 0 Å². The summed E-state index contributed by atoms with van der Waals surface area (Å²) in [4.78, 5) is 35.9. The molecule has 0 aliphatic heterocycles. The average molecular weight is 406 g/mol. The molecule has 2 N–H and O–H groups in total. The van der Waals surface area contributed by atoms with Gasteiger partial charge in [0.05, 0.1) is 4.90 Å². The van der Waals surface area contributed by atoms with Crippen LogP contribution >= 0.6 is 0 Å². The second-order valence-electron chi connectivity index (χ2n) is 5.79. The summed E-state index contributed by atoms with van der Waals surface area (Å²) in [6.45, 7) is 3.53. The Hall–Kier alpha value is -2.98. The fourth-order valence-corrected chi connectivity index (χ4v) is 3.96. The number of nitrogens with one attached hydrogen (secondary N) is 2. The maximum atomic E-state index is 12.6. The van der Waals surface area contributed by atoms with E-state index in [-0.39, 0.29) is 18.0 Å². The van der Waals surface area contributed by atoms with Crippen molar-refractivity contribution in [3.05, 3.63) is 64.6 Å². The van der Waals surface area contributed by atoms with Crippen molar-refractivity contribution in [1.82, 2.24) is 19.7 Å². The predicted octanol–water partition coefficient (Wildman–Crippen LogP) is 0.340. The summed E-state index contributed by atoms with van der Waals surface area (Å²) >= 11 is 0. The van der Waals surface area contributed by atoms with Crippen LogP contribution in [0.5, 0.6) is 0 Å². The van der Waals surface area contributed by atoms with Gasteiger partial charge in [-0.3, -0.25) is 25.2 Å². The Morgan fingerprint density at radius 3 is 2.25 bits per heavy atom.